The first-order valence-corrected chi connectivity index (χ1v) is 41.4. The number of benzene rings is 7. The fraction of sp³-hybridized carbons (Fsp3) is 0.337. The third-order valence-electron chi connectivity index (χ3n) is 18.4. The van der Waals surface area contributed by atoms with Crippen molar-refractivity contribution in [2.75, 3.05) is 0 Å². The van der Waals surface area contributed by atoms with Gasteiger partial charge in [0.05, 0.1) is 41.4 Å². The molecule has 0 bridgehead atoms. The van der Waals surface area contributed by atoms with Crippen molar-refractivity contribution in [3.8, 4) is 0 Å². The van der Waals surface area contributed by atoms with E-state index in [2.05, 4.69) is 106 Å². The molecule has 0 amide bonds. The third-order valence-corrected chi connectivity index (χ3v) is 22.3. The first-order valence-electron chi connectivity index (χ1n) is 39.0. The first kappa shape index (κ1) is 95.0. The van der Waals surface area contributed by atoms with Crippen molar-refractivity contribution in [3.05, 3.63) is 338 Å². The highest BCUT2D eigenvalue weighted by molar-refractivity contribution is 7.12. The highest BCUT2D eigenvalue weighted by Gasteiger charge is 2.21. The van der Waals surface area contributed by atoms with Crippen molar-refractivity contribution in [2.24, 2.45) is 27.0 Å². The van der Waals surface area contributed by atoms with Gasteiger partial charge in [-0.25, -0.2) is 76.4 Å². The number of imidazole rings is 1. The number of hydrogen-bond acceptors (Lipinski definition) is 13. The summed E-state index contributed by atoms with van der Waals surface area (Å²) in [7, 11) is 0. The molecule has 7 heterocycles. The minimum atomic E-state index is -0.603. The van der Waals surface area contributed by atoms with E-state index in [1.165, 1.54) is 107 Å². The van der Waals surface area contributed by atoms with Crippen molar-refractivity contribution >= 4 is 51.3 Å². The van der Waals surface area contributed by atoms with Crippen LogP contribution in [0.5, 0.6) is 0 Å². The minimum absolute atomic E-state index is 0.134. The van der Waals surface area contributed by atoms with E-state index in [1.807, 2.05) is 66.9 Å². The summed E-state index contributed by atoms with van der Waals surface area (Å²) in [4.78, 5) is 20.8. The van der Waals surface area contributed by atoms with Gasteiger partial charge < -0.3 is 8.98 Å². The van der Waals surface area contributed by atoms with Crippen molar-refractivity contribution in [1.29, 1.82) is 0 Å². The number of thiophene rings is 1. The Kier molecular flexibility index (Phi) is 35.8. The van der Waals surface area contributed by atoms with Crippen LogP contribution >= 0.6 is 34.2 Å². The number of hydrogen-bond donors (Lipinski definition) is 0. The van der Waals surface area contributed by atoms with Gasteiger partial charge >= 0.3 is 0 Å². The number of allylic oxidation sites excluding steroid dienone is 1. The summed E-state index contributed by atoms with van der Waals surface area (Å²) < 4.78 is 195. The highest BCUT2D eigenvalue weighted by atomic mass is 32.1. The van der Waals surface area contributed by atoms with Gasteiger partial charge in [0.25, 0.3) is 0 Å². The molecule has 0 aliphatic carbocycles. The van der Waals surface area contributed by atoms with E-state index < -0.39 is 81.4 Å². The van der Waals surface area contributed by atoms with E-state index >= 15 is 0 Å². The Balaban J connectivity index is 0.000000174. The fourth-order valence-electron chi connectivity index (χ4n) is 11.3. The van der Waals surface area contributed by atoms with Crippen LogP contribution in [-0.4, -0.2) is 51.2 Å². The maximum absolute atomic E-state index is 13.6. The number of rotatable bonds is 21. The van der Waals surface area contributed by atoms with Crippen molar-refractivity contribution in [1.82, 2.24) is 34.1 Å². The van der Waals surface area contributed by atoms with Crippen LogP contribution in [0.3, 0.4) is 0 Å². The average Bonchev–Trinajstić information content (AvgIpc) is 1.68. The van der Waals surface area contributed by atoms with Gasteiger partial charge in [-0.2, -0.15) is 14.6 Å². The van der Waals surface area contributed by atoms with Gasteiger partial charge in [0.2, 0.25) is 11.8 Å². The lowest BCUT2D eigenvalue weighted by atomic mass is 9.97. The van der Waals surface area contributed by atoms with Crippen molar-refractivity contribution in [2.45, 2.75) is 191 Å². The number of aliphatic imine (C=N–C) groups is 1. The first-order chi connectivity index (χ1) is 56.8. The zero-order valence-electron chi connectivity index (χ0n) is 69.3. The second-order valence-electron chi connectivity index (χ2n) is 30.7. The molecule has 5 aromatic heterocycles. The maximum atomic E-state index is 13.6. The van der Waals surface area contributed by atoms with Crippen LogP contribution in [0.2, 0.25) is 0 Å². The van der Waals surface area contributed by atoms with Gasteiger partial charge in [-0.1, -0.05) is 139 Å². The van der Waals surface area contributed by atoms with Gasteiger partial charge in [-0.3, -0.25) is 4.99 Å². The van der Waals surface area contributed by atoms with Gasteiger partial charge in [0.15, 0.2) is 0 Å². The minimum Gasteiger partial charge on any atom is -0.425 e. The largest absolute Gasteiger partial charge is 0.425 e. The highest BCUT2D eigenvalue weighted by Crippen LogP contribution is 2.31. The second-order valence-corrected chi connectivity index (χ2v) is 33.8. The molecule has 2 aliphatic heterocycles. The molecule has 14 rings (SSSR count). The molecule has 0 fully saturated rings. The van der Waals surface area contributed by atoms with Gasteiger partial charge in [0.1, 0.15) is 92.3 Å². The molecular formula is C92H96F14N10OS3. The summed E-state index contributed by atoms with van der Waals surface area (Å²) >= 11 is 4.62. The summed E-state index contributed by atoms with van der Waals surface area (Å²) in [5, 5.41) is 17.8. The molecule has 0 radical (unpaired) electrons. The summed E-state index contributed by atoms with van der Waals surface area (Å²) in [6.07, 6.45) is 9.23. The second kappa shape index (κ2) is 45.3. The van der Waals surface area contributed by atoms with Crippen LogP contribution in [0.4, 0.5) is 61.5 Å². The Hall–Kier alpha value is -10.5. The Morgan fingerprint density at radius 1 is 0.400 bits per heavy atom. The Labute approximate surface area is 703 Å². The van der Waals surface area contributed by atoms with Crippen molar-refractivity contribution < 1.29 is 65.9 Å². The summed E-state index contributed by atoms with van der Waals surface area (Å²) in [5.74, 6) is -3.62. The lowest BCUT2D eigenvalue weighted by Gasteiger charge is -2.07. The van der Waals surface area contributed by atoms with E-state index in [4.69, 9.17) is 4.42 Å². The molecule has 12 aromatic rings. The van der Waals surface area contributed by atoms with E-state index in [0.29, 0.717) is 137 Å². The monoisotopic (exact) mass is 1720 g/mol. The molecule has 0 saturated carbocycles. The quantitative estimate of drug-likeness (QED) is 0.0654. The molecule has 120 heavy (non-hydrogen) atoms. The number of halogens is 14. The zero-order chi connectivity index (χ0) is 87.8. The normalized spacial score (nSPS) is 12.3. The van der Waals surface area contributed by atoms with Crippen molar-refractivity contribution in [3.63, 3.8) is 0 Å². The smallest absolute Gasteiger partial charge is 0.221 e. The molecule has 28 heteroatoms. The molecule has 0 spiro atoms. The van der Waals surface area contributed by atoms with E-state index in [9.17, 15) is 61.5 Å². The Bertz CT molecular complexity index is 5030. The lowest BCUT2D eigenvalue weighted by Crippen LogP contribution is -2.11. The van der Waals surface area contributed by atoms with Crippen LogP contribution in [0.15, 0.2) is 183 Å². The molecule has 11 nitrogen and oxygen atoms in total. The Morgan fingerprint density at radius 3 is 1.23 bits per heavy atom. The van der Waals surface area contributed by atoms with Gasteiger partial charge in [-0.05, 0) is 136 Å². The van der Waals surface area contributed by atoms with Gasteiger partial charge in [0, 0.05) is 149 Å². The molecule has 2 aliphatic rings. The predicted octanol–water partition coefficient (Wildman–Crippen LogP) is 26.4. The van der Waals surface area contributed by atoms with E-state index in [0.717, 1.165) is 97.2 Å². The molecular weight excluding hydrogens is 1620 g/mol. The summed E-state index contributed by atoms with van der Waals surface area (Å²) in [5.41, 5.74) is 9.20. The Morgan fingerprint density at radius 2 is 0.850 bits per heavy atom. The van der Waals surface area contributed by atoms with E-state index in [-0.39, 0.29) is 12.3 Å². The average molecular weight is 1720 g/mol. The predicted molar refractivity (Wildman–Crippen MR) is 450 cm³/mol. The van der Waals surface area contributed by atoms with Crippen LogP contribution in [0.25, 0.3) is 0 Å². The molecule has 0 N–H and O–H groups in total. The SMILES string of the molecule is CC(C)C1=CN=C(Cc2ccc(F)cc2F)C1.CC(C)C1=NN=C(Cc2ccc(F)cc2F)C1.CC(C)c1ccc(Cc2ccc(F)cc2F)s1.CC(C)c1cn(Cc2ccc(F)cc2F)cn1.CC(C)c1nc(Cc2ccc(F)cc2F)ns1.CC(C)c1nnc(Cc2ccc(F)cc2F)o1.Cc1nc(C(C)C)sc1Cc1ccc(F)cc1F. The van der Waals surface area contributed by atoms with Crippen LogP contribution in [0.1, 0.15) is 232 Å². The summed E-state index contributed by atoms with van der Waals surface area (Å²) in [6, 6.07) is 29.5. The maximum Gasteiger partial charge on any atom is 0.221 e. The standard InChI is InChI=1S/C14H15F2NS.C14H15F2N.C14H14F2S.2C13H14F2N2.C12H12F2N2O.C12H12F2N2S/c1-8(2)14-17-9(3)13(18-14)6-10-4-5-11(15)7-12(10)16;1-9(2)11-6-13(17-8-11)5-10-3-4-12(15)7-14(10)16;1-9(2)14-6-5-12(17-14)7-10-3-4-11(15)8-13(10)16;1-9(2)13-7-17(8-16-13)6-10-3-4-11(14)5-12(10)15;1-8(2)13-7-11(16-17-13)5-9-3-4-10(14)6-12(9)15;1-7(2)12-16-15-11(17-12)5-8-3-4-9(13)6-10(8)14;1-7(2)12-15-11(16-17-12)5-8-3-4-9(13)6-10(8)14/h4-5,7-8H,6H2,1-3H3;3-4,7-9H,5-6H2,1-2H3;3-6,8-9H,7H2,1-2H3;3-5,7-9H,6H2,1-2H3;3-4,6,8H,5,7H2,1-2H3;2*3-4,6-7H,5H2,1-2H3. The van der Waals surface area contributed by atoms with Gasteiger partial charge in [-0.15, -0.1) is 32.9 Å². The van der Waals surface area contributed by atoms with E-state index in [1.54, 1.807) is 33.6 Å². The molecule has 7 aromatic carbocycles. The van der Waals surface area contributed by atoms with Crippen LogP contribution in [-0.2, 0) is 45.1 Å². The zero-order valence-corrected chi connectivity index (χ0v) is 71.8. The molecule has 0 unspecified atom stereocenters. The molecule has 636 valence electrons. The fourth-order valence-corrected chi connectivity index (χ4v) is 14.1. The number of aryl methyl sites for hydroxylation is 1. The summed E-state index contributed by atoms with van der Waals surface area (Å²) in [6.45, 7) is 31.1. The third kappa shape index (κ3) is 29.8. The topological polar surface area (TPSA) is 132 Å². The van der Waals surface area contributed by atoms with Crippen LogP contribution < -0.4 is 0 Å². The molecule has 0 atom stereocenters. The molecule has 0 saturated heterocycles. The lowest BCUT2D eigenvalue weighted by molar-refractivity contribution is 0.436. The number of aromatic nitrogens is 7. The number of thiazole rings is 1. The van der Waals surface area contributed by atoms with Crippen LogP contribution in [0, 0.1) is 100 Å². The number of nitrogens with zero attached hydrogens (tertiary/aromatic N) is 10.